The van der Waals surface area contributed by atoms with E-state index in [1.165, 1.54) is 94.3 Å². The standard InChI is InChI=1S/C19H34N2/c1-3-4-5-6-7-8-9-10-11-15-18-20-17-14-12-13-16(2)19(17)21-18/h16H,3-15H2,1-2H3,(H,20,21). The highest BCUT2D eigenvalue weighted by Gasteiger charge is 2.20. The van der Waals surface area contributed by atoms with E-state index in [1.807, 2.05) is 0 Å². The van der Waals surface area contributed by atoms with Gasteiger partial charge >= 0.3 is 0 Å². The number of H-pyrrole nitrogens is 1. The lowest BCUT2D eigenvalue weighted by Gasteiger charge is -2.15. The molecule has 0 bridgehead atoms. The van der Waals surface area contributed by atoms with Crippen LogP contribution in [0.5, 0.6) is 0 Å². The van der Waals surface area contributed by atoms with Gasteiger partial charge in [0, 0.05) is 18.0 Å². The molecule has 1 N–H and O–H groups in total. The fourth-order valence-corrected chi connectivity index (χ4v) is 3.52. The van der Waals surface area contributed by atoms with Crippen molar-refractivity contribution in [3.63, 3.8) is 0 Å². The van der Waals surface area contributed by atoms with Gasteiger partial charge in [-0.1, -0.05) is 65.2 Å². The molecule has 2 heteroatoms. The fourth-order valence-electron chi connectivity index (χ4n) is 3.52. The molecule has 0 aliphatic heterocycles. The third kappa shape index (κ3) is 5.48. The van der Waals surface area contributed by atoms with Crippen LogP contribution in [0.3, 0.4) is 0 Å². The third-order valence-electron chi connectivity index (χ3n) is 4.91. The van der Waals surface area contributed by atoms with E-state index in [0.29, 0.717) is 5.92 Å². The number of aromatic nitrogens is 2. The minimum absolute atomic E-state index is 0.668. The number of fused-ring (bicyclic) bond motifs is 1. The van der Waals surface area contributed by atoms with Crippen molar-refractivity contribution in [2.45, 2.75) is 103 Å². The fraction of sp³-hybridized carbons (Fsp3) is 0.842. The Bertz CT molecular complexity index is 394. The number of imidazole rings is 1. The van der Waals surface area contributed by atoms with E-state index in [4.69, 9.17) is 4.98 Å². The second kappa shape index (κ2) is 9.27. The zero-order chi connectivity index (χ0) is 14.9. The van der Waals surface area contributed by atoms with E-state index in [9.17, 15) is 0 Å². The molecule has 1 aromatic rings. The van der Waals surface area contributed by atoms with Crippen LogP contribution in [0.25, 0.3) is 0 Å². The molecule has 0 saturated heterocycles. The Morgan fingerprint density at radius 1 is 1.00 bits per heavy atom. The van der Waals surface area contributed by atoms with Crippen molar-refractivity contribution in [3.8, 4) is 0 Å². The minimum atomic E-state index is 0.668. The van der Waals surface area contributed by atoms with Gasteiger partial charge in [-0.05, 0) is 25.7 Å². The first-order valence-electron chi connectivity index (χ1n) is 9.39. The number of nitrogens with one attached hydrogen (secondary N) is 1. The molecule has 0 aromatic carbocycles. The SMILES string of the molecule is CCCCCCCCCCCc1nc2c([nH]1)CCCC2C. The van der Waals surface area contributed by atoms with Crippen molar-refractivity contribution in [2.75, 3.05) is 0 Å². The van der Waals surface area contributed by atoms with Gasteiger partial charge in [0.25, 0.3) is 0 Å². The van der Waals surface area contributed by atoms with Gasteiger partial charge in [0.1, 0.15) is 5.82 Å². The molecule has 0 fully saturated rings. The Morgan fingerprint density at radius 2 is 1.67 bits per heavy atom. The summed E-state index contributed by atoms with van der Waals surface area (Å²) in [7, 11) is 0. The highest BCUT2D eigenvalue weighted by atomic mass is 14.9. The average molecular weight is 290 g/mol. The van der Waals surface area contributed by atoms with Gasteiger partial charge in [0.05, 0.1) is 5.69 Å². The van der Waals surface area contributed by atoms with E-state index in [2.05, 4.69) is 18.8 Å². The number of hydrogen-bond donors (Lipinski definition) is 1. The van der Waals surface area contributed by atoms with Crippen molar-refractivity contribution in [2.24, 2.45) is 0 Å². The molecular weight excluding hydrogens is 256 g/mol. The predicted octanol–water partition coefficient (Wildman–Crippen LogP) is 5.92. The Kier molecular flexibility index (Phi) is 7.32. The van der Waals surface area contributed by atoms with Gasteiger partial charge in [-0.25, -0.2) is 4.98 Å². The summed E-state index contributed by atoms with van der Waals surface area (Å²) in [5.41, 5.74) is 2.80. The van der Waals surface area contributed by atoms with Gasteiger partial charge in [0.15, 0.2) is 0 Å². The summed E-state index contributed by atoms with van der Waals surface area (Å²) in [4.78, 5) is 8.42. The van der Waals surface area contributed by atoms with Gasteiger partial charge in [0.2, 0.25) is 0 Å². The van der Waals surface area contributed by atoms with Crippen molar-refractivity contribution >= 4 is 0 Å². The molecule has 2 nitrogen and oxygen atoms in total. The molecule has 1 unspecified atom stereocenters. The van der Waals surface area contributed by atoms with Crippen LogP contribution in [0, 0.1) is 0 Å². The normalized spacial score (nSPS) is 17.9. The number of hydrogen-bond acceptors (Lipinski definition) is 1. The minimum Gasteiger partial charge on any atom is -0.346 e. The molecule has 1 heterocycles. The highest BCUT2D eigenvalue weighted by molar-refractivity contribution is 5.21. The number of nitrogens with zero attached hydrogens (tertiary/aromatic N) is 1. The smallest absolute Gasteiger partial charge is 0.106 e. The Hall–Kier alpha value is -0.790. The summed E-state index contributed by atoms with van der Waals surface area (Å²) in [5, 5.41) is 0. The number of aromatic amines is 1. The molecule has 1 aliphatic rings. The lowest BCUT2D eigenvalue weighted by Crippen LogP contribution is -2.05. The maximum atomic E-state index is 4.84. The molecule has 21 heavy (non-hydrogen) atoms. The lowest BCUT2D eigenvalue weighted by atomic mass is 9.92. The Balaban J connectivity index is 1.55. The Labute approximate surface area is 131 Å². The largest absolute Gasteiger partial charge is 0.346 e. The first-order valence-corrected chi connectivity index (χ1v) is 9.39. The van der Waals surface area contributed by atoms with Gasteiger partial charge in [-0.2, -0.15) is 0 Å². The Morgan fingerprint density at radius 3 is 2.33 bits per heavy atom. The van der Waals surface area contributed by atoms with Crippen molar-refractivity contribution in [3.05, 3.63) is 17.2 Å². The monoisotopic (exact) mass is 290 g/mol. The molecule has 1 aliphatic carbocycles. The lowest BCUT2D eigenvalue weighted by molar-refractivity contribution is 0.562. The zero-order valence-corrected chi connectivity index (χ0v) is 14.2. The summed E-state index contributed by atoms with van der Waals surface area (Å²) in [6.45, 7) is 4.61. The zero-order valence-electron chi connectivity index (χ0n) is 14.2. The van der Waals surface area contributed by atoms with Crippen LogP contribution in [-0.2, 0) is 12.8 Å². The average Bonchev–Trinajstić information content (AvgIpc) is 2.90. The molecule has 1 atom stereocenters. The molecule has 120 valence electrons. The number of rotatable bonds is 10. The first-order chi connectivity index (χ1) is 10.3. The summed E-state index contributed by atoms with van der Waals surface area (Å²) in [5.74, 6) is 1.92. The van der Waals surface area contributed by atoms with Crippen LogP contribution in [0.4, 0.5) is 0 Å². The van der Waals surface area contributed by atoms with Gasteiger partial charge < -0.3 is 4.98 Å². The van der Waals surface area contributed by atoms with E-state index in [-0.39, 0.29) is 0 Å². The van der Waals surface area contributed by atoms with Crippen LogP contribution in [0.15, 0.2) is 0 Å². The number of unbranched alkanes of at least 4 members (excludes halogenated alkanes) is 8. The highest BCUT2D eigenvalue weighted by Crippen LogP contribution is 2.29. The molecule has 0 spiro atoms. The van der Waals surface area contributed by atoms with Gasteiger partial charge in [-0.3, -0.25) is 0 Å². The van der Waals surface area contributed by atoms with Crippen molar-refractivity contribution in [1.29, 1.82) is 0 Å². The maximum absolute atomic E-state index is 4.84. The summed E-state index contributed by atoms with van der Waals surface area (Å²) >= 11 is 0. The second-order valence-corrected chi connectivity index (χ2v) is 6.92. The molecule has 0 amide bonds. The van der Waals surface area contributed by atoms with Crippen molar-refractivity contribution < 1.29 is 0 Å². The van der Waals surface area contributed by atoms with E-state index < -0.39 is 0 Å². The van der Waals surface area contributed by atoms with Crippen LogP contribution in [0.1, 0.15) is 108 Å². The molecule has 2 rings (SSSR count). The molecule has 1 aromatic heterocycles. The molecule has 0 radical (unpaired) electrons. The predicted molar refractivity (Wildman–Crippen MR) is 90.9 cm³/mol. The van der Waals surface area contributed by atoms with Crippen LogP contribution >= 0.6 is 0 Å². The summed E-state index contributed by atoms with van der Waals surface area (Å²) < 4.78 is 0. The van der Waals surface area contributed by atoms with Crippen LogP contribution in [0.2, 0.25) is 0 Å². The van der Waals surface area contributed by atoms with Crippen molar-refractivity contribution in [1.82, 2.24) is 9.97 Å². The second-order valence-electron chi connectivity index (χ2n) is 6.92. The maximum Gasteiger partial charge on any atom is 0.106 e. The quantitative estimate of drug-likeness (QED) is 0.532. The van der Waals surface area contributed by atoms with E-state index in [0.717, 1.165) is 6.42 Å². The first kappa shape index (κ1) is 16.6. The summed E-state index contributed by atoms with van der Waals surface area (Å²) in [6, 6.07) is 0. The van der Waals surface area contributed by atoms with Crippen LogP contribution in [-0.4, -0.2) is 9.97 Å². The summed E-state index contributed by atoms with van der Waals surface area (Å²) in [6.07, 6.45) is 17.6. The molecular formula is C19H34N2. The topological polar surface area (TPSA) is 28.7 Å². The van der Waals surface area contributed by atoms with E-state index >= 15 is 0 Å². The number of aryl methyl sites for hydroxylation is 2. The molecule has 0 saturated carbocycles. The van der Waals surface area contributed by atoms with E-state index in [1.54, 1.807) is 0 Å². The van der Waals surface area contributed by atoms with Gasteiger partial charge in [-0.15, -0.1) is 0 Å². The van der Waals surface area contributed by atoms with Crippen LogP contribution < -0.4 is 0 Å². The third-order valence-corrected chi connectivity index (χ3v) is 4.91.